The van der Waals surface area contributed by atoms with Crippen LogP contribution in [0, 0.1) is 17.8 Å². The number of fused-ring (bicyclic) bond motifs is 11. The Hall–Kier alpha value is -5.42. The number of nitrogens with zero attached hydrogens (tertiary/aromatic N) is 4. The number of carbonyl (C=O) groups is 8. The minimum absolute atomic E-state index is 0.00753. The molecule has 3 aliphatic heterocycles. The first-order valence-corrected chi connectivity index (χ1v) is 21.3. The standard InChI is InChI=1S/C41H65N9O13/c1-28(2)21-32-31(40(60)46-62)5-3-20-63-30-8-6-29(7-9-30)22-33(45-39(32)59)41(61)44-23-34(51)42-10-4-11-43-35(52)24-47-12-14-48(25-36(53)54)16-18-50(27-38(57)58)19-17-49(15-13-47)26-37(55)56/h6-9,28,31-33,62H,3-5,10-27H2,1-2H3,(H,42,51)(H,43,52)(H,44,61)(H,45,59)(H,46,60)(H,53,54)(H,55,56)(H,57,58)/t31-,32+,33-/m0/s1. The van der Waals surface area contributed by atoms with Gasteiger partial charge >= 0.3 is 17.9 Å². The summed E-state index contributed by atoms with van der Waals surface area (Å²) in [5.74, 6) is -7.02. The van der Waals surface area contributed by atoms with E-state index in [0.717, 1.165) is 0 Å². The predicted molar refractivity (Wildman–Crippen MR) is 225 cm³/mol. The number of benzene rings is 1. The first-order valence-electron chi connectivity index (χ1n) is 21.3. The Bertz CT molecular complexity index is 1650. The van der Waals surface area contributed by atoms with Crippen LogP contribution in [0.25, 0.3) is 0 Å². The molecule has 0 spiro atoms. The van der Waals surface area contributed by atoms with Crippen molar-refractivity contribution in [2.45, 2.75) is 52.0 Å². The SMILES string of the molecule is CC(C)C[C@H]1C(=O)N[C@H](C(=O)NCC(=O)NCCCNC(=O)CN2CCN(CC(=O)O)CCN(CC(=O)O)CCN(CC(=O)O)CC2)Cc2ccc(cc2)OCCC[C@@H]1C(=O)NO. The molecule has 63 heavy (non-hydrogen) atoms. The molecule has 0 radical (unpaired) electrons. The highest BCUT2D eigenvalue weighted by atomic mass is 16.5. The van der Waals surface area contributed by atoms with E-state index in [-0.39, 0.29) is 116 Å². The molecule has 1 fully saturated rings. The van der Waals surface area contributed by atoms with E-state index in [9.17, 15) is 58.9 Å². The van der Waals surface area contributed by atoms with Crippen LogP contribution in [-0.4, -0.2) is 198 Å². The smallest absolute Gasteiger partial charge is 0.317 e. The summed E-state index contributed by atoms with van der Waals surface area (Å²) < 4.78 is 5.81. The number of hydrogen-bond donors (Lipinski definition) is 9. The van der Waals surface area contributed by atoms with Crippen LogP contribution in [0.3, 0.4) is 0 Å². The number of hydrogen-bond acceptors (Lipinski definition) is 14. The van der Waals surface area contributed by atoms with Crippen LogP contribution in [0.5, 0.6) is 5.75 Å². The second kappa shape index (κ2) is 27.6. The predicted octanol–water partition coefficient (Wildman–Crippen LogP) is -2.12. The van der Waals surface area contributed by atoms with Crippen molar-refractivity contribution >= 4 is 47.4 Å². The van der Waals surface area contributed by atoms with Crippen molar-refractivity contribution in [1.29, 1.82) is 0 Å². The lowest BCUT2D eigenvalue weighted by Gasteiger charge is -2.32. The van der Waals surface area contributed by atoms with Gasteiger partial charge in [-0.15, -0.1) is 0 Å². The molecule has 0 saturated carbocycles. The summed E-state index contributed by atoms with van der Waals surface area (Å²) in [7, 11) is 0. The lowest BCUT2D eigenvalue weighted by atomic mass is 9.81. The van der Waals surface area contributed by atoms with E-state index in [2.05, 4.69) is 21.3 Å². The maximum Gasteiger partial charge on any atom is 0.317 e. The van der Waals surface area contributed by atoms with Gasteiger partial charge in [0.25, 0.3) is 0 Å². The second-order valence-corrected chi connectivity index (χ2v) is 16.3. The molecule has 9 N–H and O–H groups in total. The van der Waals surface area contributed by atoms with Crippen molar-refractivity contribution in [1.82, 2.24) is 46.3 Å². The van der Waals surface area contributed by atoms with Gasteiger partial charge in [0.1, 0.15) is 11.8 Å². The molecular weight excluding hydrogens is 827 g/mol. The third-order valence-corrected chi connectivity index (χ3v) is 10.7. The van der Waals surface area contributed by atoms with Crippen LogP contribution in [0.15, 0.2) is 24.3 Å². The summed E-state index contributed by atoms with van der Waals surface area (Å²) in [5, 5.41) is 48.6. The second-order valence-electron chi connectivity index (χ2n) is 16.3. The summed E-state index contributed by atoms with van der Waals surface area (Å²) in [6.07, 6.45) is 1.41. The topological polar surface area (TPSA) is 300 Å². The van der Waals surface area contributed by atoms with Crippen molar-refractivity contribution in [2.24, 2.45) is 17.8 Å². The van der Waals surface area contributed by atoms with E-state index in [1.165, 1.54) is 0 Å². The van der Waals surface area contributed by atoms with Crippen LogP contribution in [0.4, 0.5) is 0 Å². The van der Waals surface area contributed by atoms with E-state index >= 15 is 0 Å². The zero-order valence-corrected chi connectivity index (χ0v) is 36.2. The first-order chi connectivity index (χ1) is 30.0. The molecule has 1 saturated heterocycles. The van der Waals surface area contributed by atoms with E-state index < -0.39 is 66.0 Å². The molecule has 1 aromatic rings. The lowest BCUT2D eigenvalue weighted by Crippen LogP contribution is -2.53. The number of carboxylic acids is 3. The Labute approximate surface area is 367 Å². The molecule has 352 valence electrons. The number of amides is 5. The summed E-state index contributed by atoms with van der Waals surface area (Å²) in [5.41, 5.74) is 2.39. The van der Waals surface area contributed by atoms with Crippen LogP contribution in [-0.2, 0) is 44.8 Å². The minimum Gasteiger partial charge on any atom is -0.494 e. The first kappa shape index (κ1) is 51.9. The van der Waals surface area contributed by atoms with Gasteiger partial charge in [0.15, 0.2) is 0 Å². The molecule has 0 aliphatic carbocycles. The van der Waals surface area contributed by atoms with E-state index in [0.29, 0.717) is 37.2 Å². The van der Waals surface area contributed by atoms with Crippen molar-refractivity contribution in [3.05, 3.63) is 29.8 Å². The molecule has 3 atom stereocenters. The van der Waals surface area contributed by atoms with Crippen LogP contribution < -0.4 is 31.5 Å². The fraction of sp³-hybridized carbons (Fsp3) is 0.659. The molecule has 3 heterocycles. The molecule has 2 bridgehead atoms. The Kier molecular flexibility index (Phi) is 22.7. The number of carboxylic acid groups (broad SMARTS) is 3. The number of carbonyl (C=O) groups excluding carboxylic acids is 5. The maximum atomic E-state index is 13.8. The number of aliphatic carboxylic acids is 3. The Balaban J connectivity index is 1.54. The average molecular weight is 892 g/mol. The highest BCUT2D eigenvalue weighted by Gasteiger charge is 2.36. The fourth-order valence-corrected chi connectivity index (χ4v) is 7.44. The highest BCUT2D eigenvalue weighted by Crippen LogP contribution is 2.27. The van der Waals surface area contributed by atoms with Gasteiger partial charge in [-0.1, -0.05) is 26.0 Å². The van der Waals surface area contributed by atoms with Crippen molar-refractivity contribution < 1.29 is 63.6 Å². The van der Waals surface area contributed by atoms with Gasteiger partial charge in [-0.05, 0) is 49.3 Å². The van der Waals surface area contributed by atoms with Crippen LogP contribution >= 0.6 is 0 Å². The van der Waals surface area contributed by atoms with E-state index in [1.54, 1.807) is 49.3 Å². The molecule has 0 unspecified atom stereocenters. The quantitative estimate of drug-likeness (QED) is 0.0433. The van der Waals surface area contributed by atoms with Gasteiger partial charge in [-0.3, -0.25) is 63.2 Å². The van der Waals surface area contributed by atoms with Crippen molar-refractivity contribution in [3.63, 3.8) is 0 Å². The van der Waals surface area contributed by atoms with Gasteiger partial charge in [0, 0.05) is 77.8 Å². The Morgan fingerprint density at radius 2 is 1.21 bits per heavy atom. The van der Waals surface area contributed by atoms with Gasteiger partial charge in [-0.2, -0.15) is 0 Å². The molecule has 1 aromatic carbocycles. The number of rotatable bonds is 18. The molecule has 22 nitrogen and oxygen atoms in total. The normalized spacial score (nSPS) is 20.4. The number of hydroxylamine groups is 1. The van der Waals surface area contributed by atoms with Crippen molar-refractivity contribution in [3.8, 4) is 5.75 Å². The zero-order chi connectivity index (χ0) is 46.3. The molecular formula is C41H65N9O13. The van der Waals surface area contributed by atoms with Gasteiger partial charge in [0.05, 0.1) is 45.2 Å². The zero-order valence-electron chi connectivity index (χ0n) is 36.2. The molecule has 3 aliphatic rings. The van der Waals surface area contributed by atoms with Crippen molar-refractivity contribution in [2.75, 3.05) is 105 Å². The summed E-state index contributed by atoms with van der Waals surface area (Å²) in [6.45, 7) is 5.25. The van der Waals surface area contributed by atoms with E-state index in [1.807, 2.05) is 13.8 Å². The Morgan fingerprint density at radius 1 is 0.714 bits per heavy atom. The molecule has 22 heteroatoms. The Morgan fingerprint density at radius 3 is 1.68 bits per heavy atom. The van der Waals surface area contributed by atoms with E-state index in [4.69, 9.17) is 4.74 Å². The summed E-state index contributed by atoms with van der Waals surface area (Å²) in [6, 6.07) is 5.93. The number of ether oxygens (including phenoxy) is 1. The fourth-order valence-electron chi connectivity index (χ4n) is 7.44. The third kappa shape index (κ3) is 20.5. The third-order valence-electron chi connectivity index (χ3n) is 10.7. The molecule has 5 amide bonds. The highest BCUT2D eigenvalue weighted by molar-refractivity contribution is 5.93. The average Bonchev–Trinajstić information content (AvgIpc) is 3.22. The lowest BCUT2D eigenvalue weighted by molar-refractivity contribution is -0.142. The van der Waals surface area contributed by atoms with Gasteiger partial charge < -0.3 is 41.3 Å². The number of nitrogens with one attached hydrogen (secondary N) is 5. The van der Waals surface area contributed by atoms with Gasteiger partial charge in [0.2, 0.25) is 29.5 Å². The monoisotopic (exact) mass is 891 g/mol. The van der Waals surface area contributed by atoms with Gasteiger partial charge in [-0.25, -0.2) is 5.48 Å². The minimum atomic E-state index is -1.10. The summed E-state index contributed by atoms with van der Waals surface area (Å²) in [4.78, 5) is 107. The summed E-state index contributed by atoms with van der Waals surface area (Å²) >= 11 is 0. The largest absolute Gasteiger partial charge is 0.494 e. The molecule has 4 rings (SSSR count). The van der Waals surface area contributed by atoms with Crippen LogP contribution in [0.1, 0.15) is 45.1 Å². The maximum absolute atomic E-state index is 13.8. The van der Waals surface area contributed by atoms with Crippen LogP contribution in [0.2, 0.25) is 0 Å². The molecule has 0 aromatic heterocycles.